The molecule has 0 radical (unpaired) electrons. The van der Waals surface area contributed by atoms with Gasteiger partial charge in [0.15, 0.2) is 9.84 Å². The number of halogens is 2. The van der Waals surface area contributed by atoms with Crippen LogP contribution in [-0.4, -0.2) is 67.1 Å². The zero-order valence-corrected chi connectivity index (χ0v) is 24.6. The standard InChI is InChI=1S/C29H39Cl2N3O3S/c1-20(2)16-24(13-15-38(36,37)25-10-11-26(30)27(31)18-25)33-14-12-23(9-8-21-6-4-3-5-7-21)34-19-22(32)17-28(34)29(33)35/h3-7,10-11,18,20,22-24,28H,8-9,12-17,19,32H2,1-2H3/t22-,23?,24+,28+/m1/s1. The average Bonchev–Trinajstić information content (AvgIpc) is 3.22. The lowest BCUT2D eigenvalue weighted by Gasteiger charge is -2.34. The second-order valence-corrected chi connectivity index (χ2v) is 14.1. The number of carbonyl (C=O) groups is 1. The van der Waals surface area contributed by atoms with E-state index in [0.29, 0.717) is 30.3 Å². The Kier molecular flexibility index (Phi) is 9.80. The van der Waals surface area contributed by atoms with E-state index in [9.17, 15) is 13.2 Å². The average molecular weight is 581 g/mol. The summed E-state index contributed by atoms with van der Waals surface area (Å²) < 4.78 is 26.4. The van der Waals surface area contributed by atoms with Gasteiger partial charge in [0.05, 0.1) is 26.7 Å². The van der Waals surface area contributed by atoms with Crippen LogP contribution in [0.5, 0.6) is 0 Å². The molecule has 2 N–H and O–H groups in total. The highest BCUT2D eigenvalue weighted by Gasteiger charge is 2.44. The Labute approximate surface area is 237 Å². The number of carbonyl (C=O) groups excluding carboxylic acids is 1. The van der Waals surface area contributed by atoms with Gasteiger partial charge >= 0.3 is 0 Å². The summed E-state index contributed by atoms with van der Waals surface area (Å²) >= 11 is 12.1. The van der Waals surface area contributed by atoms with Gasteiger partial charge in [-0.1, -0.05) is 67.4 Å². The third kappa shape index (κ3) is 7.11. The van der Waals surface area contributed by atoms with Crippen LogP contribution < -0.4 is 5.73 Å². The molecule has 208 valence electrons. The molecule has 0 aromatic heterocycles. The first-order chi connectivity index (χ1) is 18.0. The number of benzene rings is 2. The summed E-state index contributed by atoms with van der Waals surface area (Å²) in [7, 11) is -3.58. The third-order valence-corrected chi connectivity index (χ3v) is 10.4. The molecule has 2 aliphatic heterocycles. The summed E-state index contributed by atoms with van der Waals surface area (Å²) in [6.45, 7) is 5.58. The van der Waals surface area contributed by atoms with Gasteiger partial charge < -0.3 is 10.6 Å². The second-order valence-electron chi connectivity index (χ2n) is 11.2. The van der Waals surface area contributed by atoms with Gasteiger partial charge in [-0.25, -0.2) is 8.42 Å². The van der Waals surface area contributed by atoms with Gasteiger partial charge in [-0.3, -0.25) is 9.69 Å². The molecule has 1 unspecified atom stereocenters. The van der Waals surface area contributed by atoms with Crippen molar-refractivity contribution in [3.05, 3.63) is 64.1 Å². The summed E-state index contributed by atoms with van der Waals surface area (Å²) in [6, 6.07) is 14.7. The SMILES string of the molecule is CC(C)C[C@H](CCS(=O)(=O)c1ccc(Cl)c(Cl)c1)N1CCC(CCc2ccccc2)N2C[C@H](N)C[C@H]2C1=O. The van der Waals surface area contributed by atoms with E-state index >= 15 is 0 Å². The molecule has 0 bridgehead atoms. The summed E-state index contributed by atoms with van der Waals surface area (Å²) in [4.78, 5) is 18.4. The van der Waals surface area contributed by atoms with Crippen molar-refractivity contribution in [2.24, 2.45) is 11.7 Å². The number of aryl methyl sites for hydroxylation is 1. The molecule has 2 heterocycles. The number of sulfone groups is 1. The molecular weight excluding hydrogens is 541 g/mol. The quantitative estimate of drug-likeness (QED) is 0.418. The predicted octanol–water partition coefficient (Wildman–Crippen LogP) is 5.21. The van der Waals surface area contributed by atoms with Crippen molar-refractivity contribution in [2.45, 2.75) is 81.4 Å². The van der Waals surface area contributed by atoms with Crippen LogP contribution in [-0.2, 0) is 21.1 Å². The van der Waals surface area contributed by atoms with Crippen molar-refractivity contribution in [2.75, 3.05) is 18.8 Å². The maximum absolute atomic E-state index is 13.9. The van der Waals surface area contributed by atoms with Crippen LogP contribution in [0.3, 0.4) is 0 Å². The molecule has 0 aliphatic carbocycles. The Bertz CT molecular complexity index is 1210. The minimum Gasteiger partial charge on any atom is -0.338 e. The van der Waals surface area contributed by atoms with E-state index in [2.05, 4.69) is 43.0 Å². The molecule has 38 heavy (non-hydrogen) atoms. The Morgan fingerprint density at radius 2 is 1.82 bits per heavy atom. The topological polar surface area (TPSA) is 83.7 Å². The summed E-state index contributed by atoms with van der Waals surface area (Å²) in [5.74, 6) is 0.356. The van der Waals surface area contributed by atoms with E-state index in [1.165, 1.54) is 23.8 Å². The summed E-state index contributed by atoms with van der Waals surface area (Å²) in [5, 5.41) is 0.535. The fourth-order valence-electron chi connectivity index (χ4n) is 5.97. The number of hydrogen-bond acceptors (Lipinski definition) is 5. The second kappa shape index (κ2) is 12.7. The normalized spacial score (nSPS) is 23.5. The minimum atomic E-state index is -3.58. The van der Waals surface area contributed by atoms with Crippen molar-refractivity contribution in [1.29, 1.82) is 0 Å². The number of hydrogen-bond donors (Lipinski definition) is 1. The molecule has 0 saturated carbocycles. The zero-order chi connectivity index (χ0) is 27.4. The maximum atomic E-state index is 13.9. The van der Waals surface area contributed by atoms with Gasteiger partial charge in [-0.15, -0.1) is 0 Å². The molecule has 2 saturated heterocycles. The van der Waals surface area contributed by atoms with Crippen LogP contribution in [0, 0.1) is 5.92 Å². The van der Waals surface area contributed by atoms with E-state index in [4.69, 9.17) is 28.9 Å². The monoisotopic (exact) mass is 579 g/mol. The van der Waals surface area contributed by atoms with Gasteiger partial charge in [-0.05, 0) is 68.2 Å². The number of amides is 1. The van der Waals surface area contributed by atoms with Crippen molar-refractivity contribution in [3.63, 3.8) is 0 Å². The van der Waals surface area contributed by atoms with Crippen LogP contribution >= 0.6 is 23.2 Å². The van der Waals surface area contributed by atoms with Gasteiger partial charge in [0.2, 0.25) is 5.91 Å². The number of nitrogens with two attached hydrogens (primary N) is 1. The van der Waals surface area contributed by atoms with Crippen LogP contribution in [0.15, 0.2) is 53.4 Å². The van der Waals surface area contributed by atoms with Crippen molar-refractivity contribution in [1.82, 2.24) is 9.80 Å². The first-order valence-corrected chi connectivity index (χ1v) is 16.0. The van der Waals surface area contributed by atoms with Crippen molar-refractivity contribution in [3.8, 4) is 0 Å². The lowest BCUT2D eigenvalue weighted by molar-refractivity contribution is -0.137. The molecular formula is C29H39Cl2N3O3S. The smallest absolute Gasteiger partial charge is 0.240 e. The molecule has 4 atom stereocenters. The number of nitrogens with zero attached hydrogens (tertiary/aromatic N) is 2. The molecule has 2 fully saturated rings. The Morgan fingerprint density at radius 3 is 2.50 bits per heavy atom. The largest absolute Gasteiger partial charge is 0.338 e. The van der Waals surface area contributed by atoms with Gasteiger partial charge in [0, 0.05) is 31.2 Å². The fraction of sp³-hybridized carbons (Fsp3) is 0.552. The Balaban J connectivity index is 1.52. The molecule has 6 nitrogen and oxygen atoms in total. The van der Waals surface area contributed by atoms with Gasteiger partial charge in [0.25, 0.3) is 0 Å². The van der Waals surface area contributed by atoms with Crippen molar-refractivity contribution >= 4 is 38.9 Å². The lowest BCUT2D eigenvalue weighted by atomic mass is 9.98. The van der Waals surface area contributed by atoms with E-state index in [0.717, 1.165) is 32.2 Å². The van der Waals surface area contributed by atoms with Crippen LogP contribution in [0.4, 0.5) is 0 Å². The molecule has 0 spiro atoms. The van der Waals surface area contributed by atoms with Gasteiger partial charge in [0.1, 0.15) is 0 Å². The molecule has 4 rings (SSSR count). The van der Waals surface area contributed by atoms with Crippen LogP contribution in [0.25, 0.3) is 0 Å². The van der Waals surface area contributed by atoms with E-state index in [1.54, 1.807) is 0 Å². The Morgan fingerprint density at radius 1 is 1.08 bits per heavy atom. The minimum absolute atomic E-state index is 0.0262. The third-order valence-electron chi connectivity index (χ3n) is 7.88. The molecule has 2 aliphatic rings. The fourth-order valence-corrected chi connectivity index (χ4v) is 7.73. The number of fused-ring (bicyclic) bond motifs is 1. The van der Waals surface area contributed by atoms with E-state index in [-0.39, 0.29) is 45.7 Å². The highest BCUT2D eigenvalue weighted by Crippen LogP contribution is 2.32. The number of rotatable bonds is 10. The predicted molar refractivity (Wildman–Crippen MR) is 154 cm³/mol. The van der Waals surface area contributed by atoms with Crippen LogP contribution in [0.2, 0.25) is 10.0 Å². The van der Waals surface area contributed by atoms with E-state index < -0.39 is 9.84 Å². The molecule has 2 aromatic carbocycles. The molecule has 1 amide bonds. The maximum Gasteiger partial charge on any atom is 0.240 e. The summed E-state index contributed by atoms with van der Waals surface area (Å²) in [5.41, 5.74) is 7.67. The van der Waals surface area contributed by atoms with E-state index in [1.807, 2.05) is 11.0 Å². The van der Waals surface area contributed by atoms with Gasteiger partial charge in [-0.2, -0.15) is 0 Å². The Hall–Kier alpha value is -1.64. The first-order valence-electron chi connectivity index (χ1n) is 13.6. The highest BCUT2D eigenvalue weighted by molar-refractivity contribution is 7.91. The first kappa shape index (κ1) is 29.3. The van der Waals surface area contributed by atoms with Crippen LogP contribution in [0.1, 0.15) is 51.5 Å². The lowest BCUT2D eigenvalue weighted by Crippen LogP contribution is -2.49. The van der Waals surface area contributed by atoms with Crippen molar-refractivity contribution < 1.29 is 13.2 Å². The molecule has 2 aromatic rings. The highest BCUT2D eigenvalue weighted by atomic mass is 35.5. The summed E-state index contributed by atoms with van der Waals surface area (Å²) in [6.07, 6.45) is 4.55. The molecule has 9 heteroatoms. The zero-order valence-electron chi connectivity index (χ0n) is 22.2.